The number of H-pyrrole nitrogens is 1. The van der Waals surface area contributed by atoms with E-state index in [1.54, 1.807) is 18.3 Å². The Balaban J connectivity index is 1.82. The van der Waals surface area contributed by atoms with Crippen molar-refractivity contribution < 1.29 is 24.2 Å². The van der Waals surface area contributed by atoms with Gasteiger partial charge in [0.2, 0.25) is 5.75 Å². The number of phenolic OH excluding ortho intramolecular Hbond substituents is 1. The van der Waals surface area contributed by atoms with Crippen molar-refractivity contribution >= 4 is 34.5 Å². The quantitative estimate of drug-likeness (QED) is 0.457. The average molecular weight is 391 g/mol. The van der Waals surface area contributed by atoms with Gasteiger partial charge in [-0.15, -0.1) is 0 Å². The third-order valence-corrected chi connectivity index (χ3v) is 4.61. The molecule has 2 heterocycles. The van der Waals surface area contributed by atoms with Gasteiger partial charge in [-0.25, -0.2) is 4.99 Å². The van der Waals surface area contributed by atoms with Crippen molar-refractivity contribution in [3.63, 3.8) is 0 Å². The minimum absolute atomic E-state index is 0.00533. The van der Waals surface area contributed by atoms with Gasteiger partial charge in [-0.05, 0) is 18.2 Å². The molecule has 8 nitrogen and oxygen atoms in total. The van der Waals surface area contributed by atoms with Crippen molar-refractivity contribution in [1.82, 2.24) is 10.3 Å². The zero-order valence-corrected chi connectivity index (χ0v) is 15.6. The van der Waals surface area contributed by atoms with Crippen LogP contribution in [0.2, 0.25) is 0 Å². The van der Waals surface area contributed by atoms with E-state index in [2.05, 4.69) is 15.3 Å². The number of aromatic hydroxyl groups is 1. The van der Waals surface area contributed by atoms with E-state index in [9.17, 15) is 14.7 Å². The van der Waals surface area contributed by atoms with Crippen LogP contribution < -0.4 is 14.8 Å². The SMILES string of the molecule is COc1cc(C=NC2=C(c3c[nH]c4ccccc34)C(=O)NC2=O)cc(OC)c1O. The molecule has 0 fully saturated rings. The summed E-state index contributed by atoms with van der Waals surface area (Å²) in [6, 6.07) is 10.6. The van der Waals surface area contributed by atoms with E-state index in [1.807, 2.05) is 24.3 Å². The van der Waals surface area contributed by atoms with Crippen LogP contribution in [0.1, 0.15) is 11.1 Å². The molecule has 0 bridgehead atoms. The van der Waals surface area contributed by atoms with E-state index in [0.717, 1.165) is 10.9 Å². The highest BCUT2D eigenvalue weighted by molar-refractivity contribution is 6.37. The number of amides is 2. The van der Waals surface area contributed by atoms with Crippen molar-refractivity contribution in [1.29, 1.82) is 0 Å². The van der Waals surface area contributed by atoms with E-state index >= 15 is 0 Å². The summed E-state index contributed by atoms with van der Waals surface area (Å²) < 4.78 is 10.3. The van der Waals surface area contributed by atoms with Gasteiger partial charge < -0.3 is 19.6 Å². The first-order valence-corrected chi connectivity index (χ1v) is 8.69. The Morgan fingerprint density at radius 2 is 1.72 bits per heavy atom. The number of fused-ring (bicyclic) bond motifs is 1. The molecule has 2 amide bonds. The van der Waals surface area contributed by atoms with Crippen LogP contribution in [0.3, 0.4) is 0 Å². The molecule has 0 saturated carbocycles. The summed E-state index contributed by atoms with van der Waals surface area (Å²) in [5.41, 5.74) is 2.16. The molecule has 2 aromatic carbocycles. The maximum atomic E-state index is 12.4. The number of rotatable bonds is 5. The lowest BCUT2D eigenvalue weighted by Crippen LogP contribution is -2.22. The molecule has 0 unspecified atom stereocenters. The number of aromatic nitrogens is 1. The number of aliphatic imine (C=N–C) groups is 1. The van der Waals surface area contributed by atoms with Gasteiger partial charge in [-0.3, -0.25) is 14.9 Å². The van der Waals surface area contributed by atoms with Gasteiger partial charge in [0.15, 0.2) is 11.5 Å². The Bertz CT molecular complexity index is 1180. The Kier molecular flexibility index (Phi) is 4.52. The fourth-order valence-corrected chi connectivity index (χ4v) is 3.22. The van der Waals surface area contributed by atoms with Crippen LogP contribution in [0.4, 0.5) is 0 Å². The van der Waals surface area contributed by atoms with Crippen molar-refractivity contribution in [2.75, 3.05) is 14.2 Å². The minimum Gasteiger partial charge on any atom is -0.502 e. The Labute approximate surface area is 165 Å². The molecule has 0 aliphatic carbocycles. The number of nitrogens with one attached hydrogen (secondary N) is 2. The van der Waals surface area contributed by atoms with Crippen molar-refractivity contribution in [3.8, 4) is 17.2 Å². The second-order valence-corrected chi connectivity index (χ2v) is 6.29. The predicted molar refractivity (Wildman–Crippen MR) is 107 cm³/mol. The standard InChI is InChI=1S/C21H17N3O5/c1-28-15-7-11(8-16(29-2)19(15)25)9-23-18-17(20(26)24-21(18)27)13-10-22-14-6-4-3-5-12(13)14/h3-10,22,25H,1-2H3,(H,24,26,27). The van der Waals surface area contributed by atoms with E-state index in [4.69, 9.17) is 9.47 Å². The number of hydrogen-bond acceptors (Lipinski definition) is 6. The van der Waals surface area contributed by atoms with Gasteiger partial charge in [0.25, 0.3) is 11.8 Å². The van der Waals surface area contributed by atoms with Crippen LogP contribution in [-0.2, 0) is 9.59 Å². The summed E-state index contributed by atoms with van der Waals surface area (Å²) in [5, 5.41) is 13.1. The molecule has 1 aliphatic rings. The second kappa shape index (κ2) is 7.16. The molecule has 8 heteroatoms. The Hall–Kier alpha value is -4.07. The number of carbonyl (C=O) groups is 2. The number of ether oxygens (including phenoxy) is 2. The van der Waals surface area contributed by atoms with E-state index < -0.39 is 11.8 Å². The predicted octanol–water partition coefficient (Wildman–Crippen LogP) is 2.38. The molecule has 3 aromatic rings. The molecule has 1 aromatic heterocycles. The number of hydrogen-bond donors (Lipinski definition) is 3. The fraction of sp³-hybridized carbons (Fsp3) is 0.0952. The maximum Gasteiger partial charge on any atom is 0.277 e. The number of benzene rings is 2. The molecule has 3 N–H and O–H groups in total. The largest absolute Gasteiger partial charge is 0.502 e. The molecule has 0 spiro atoms. The zero-order chi connectivity index (χ0) is 20.5. The maximum absolute atomic E-state index is 12.4. The third-order valence-electron chi connectivity index (χ3n) is 4.61. The van der Waals surface area contributed by atoms with Crippen LogP contribution in [0, 0.1) is 0 Å². The number of para-hydroxylation sites is 1. The molecule has 29 heavy (non-hydrogen) atoms. The number of methoxy groups -OCH3 is 2. The highest BCUT2D eigenvalue weighted by Gasteiger charge is 2.32. The Morgan fingerprint density at radius 1 is 1.03 bits per heavy atom. The second-order valence-electron chi connectivity index (χ2n) is 6.29. The molecule has 1 aliphatic heterocycles. The van der Waals surface area contributed by atoms with E-state index in [1.165, 1.54) is 20.4 Å². The molecule has 0 radical (unpaired) electrons. The summed E-state index contributed by atoms with van der Waals surface area (Å²) in [6.07, 6.45) is 3.09. The van der Waals surface area contributed by atoms with Crippen molar-refractivity contribution in [3.05, 3.63) is 59.4 Å². The highest BCUT2D eigenvalue weighted by Crippen LogP contribution is 2.37. The van der Waals surface area contributed by atoms with Crippen molar-refractivity contribution in [2.24, 2.45) is 4.99 Å². The average Bonchev–Trinajstić information content (AvgIpc) is 3.26. The van der Waals surface area contributed by atoms with Gasteiger partial charge >= 0.3 is 0 Å². The highest BCUT2D eigenvalue weighted by atomic mass is 16.5. The fourth-order valence-electron chi connectivity index (χ4n) is 3.22. The lowest BCUT2D eigenvalue weighted by Gasteiger charge is -2.09. The summed E-state index contributed by atoms with van der Waals surface area (Å²) in [7, 11) is 2.83. The molecular formula is C21H17N3O5. The number of imide groups is 1. The first kappa shape index (κ1) is 18.3. The van der Waals surface area contributed by atoms with Gasteiger partial charge in [0.05, 0.1) is 19.8 Å². The monoisotopic (exact) mass is 391 g/mol. The van der Waals surface area contributed by atoms with Gasteiger partial charge in [0, 0.05) is 34.4 Å². The molecule has 0 saturated heterocycles. The molecule has 4 rings (SSSR count). The van der Waals surface area contributed by atoms with E-state index in [-0.39, 0.29) is 28.5 Å². The smallest absolute Gasteiger partial charge is 0.277 e. The zero-order valence-electron chi connectivity index (χ0n) is 15.6. The first-order valence-electron chi connectivity index (χ1n) is 8.69. The Morgan fingerprint density at radius 3 is 2.41 bits per heavy atom. The summed E-state index contributed by atoms with van der Waals surface area (Å²) in [6.45, 7) is 0. The molecule has 146 valence electrons. The number of nitrogens with zero attached hydrogens (tertiary/aromatic N) is 1. The lowest BCUT2D eigenvalue weighted by atomic mass is 10.0. The van der Waals surface area contributed by atoms with Crippen molar-refractivity contribution in [2.45, 2.75) is 0 Å². The van der Waals surface area contributed by atoms with Crippen LogP contribution in [0.15, 0.2) is 53.3 Å². The van der Waals surface area contributed by atoms with Gasteiger partial charge in [-0.2, -0.15) is 0 Å². The van der Waals surface area contributed by atoms with Gasteiger partial charge in [-0.1, -0.05) is 18.2 Å². The van der Waals surface area contributed by atoms with Crippen LogP contribution in [0.5, 0.6) is 17.2 Å². The number of carbonyl (C=O) groups excluding carboxylic acids is 2. The number of aromatic amines is 1. The number of phenols is 1. The molecular weight excluding hydrogens is 374 g/mol. The van der Waals surface area contributed by atoms with Gasteiger partial charge in [0.1, 0.15) is 5.70 Å². The van der Waals surface area contributed by atoms with Crippen LogP contribution in [-0.4, -0.2) is 42.3 Å². The van der Waals surface area contributed by atoms with Crippen LogP contribution >= 0.6 is 0 Å². The third kappa shape index (κ3) is 3.10. The van der Waals surface area contributed by atoms with E-state index in [0.29, 0.717) is 11.1 Å². The summed E-state index contributed by atoms with van der Waals surface area (Å²) in [5.74, 6) is -0.830. The topological polar surface area (TPSA) is 113 Å². The molecule has 0 atom stereocenters. The summed E-state index contributed by atoms with van der Waals surface area (Å²) in [4.78, 5) is 32.1. The normalized spacial score (nSPS) is 14.1. The minimum atomic E-state index is -0.579. The van der Waals surface area contributed by atoms with Crippen LogP contribution in [0.25, 0.3) is 16.5 Å². The first-order chi connectivity index (χ1) is 14.0. The lowest BCUT2D eigenvalue weighted by molar-refractivity contribution is -0.123. The summed E-state index contributed by atoms with van der Waals surface area (Å²) >= 11 is 0.